The summed E-state index contributed by atoms with van der Waals surface area (Å²) in [6, 6.07) is -0.845. The van der Waals surface area contributed by atoms with Crippen LogP contribution in [0.25, 0.3) is 0 Å². The summed E-state index contributed by atoms with van der Waals surface area (Å²) < 4.78 is 5.45. The van der Waals surface area contributed by atoms with Crippen molar-refractivity contribution in [3.05, 3.63) is 0 Å². The van der Waals surface area contributed by atoms with Gasteiger partial charge in [0.05, 0.1) is 12.7 Å². The molecule has 21 heavy (non-hydrogen) atoms. The minimum absolute atomic E-state index is 0.131. The topological polar surface area (TPSA) is 70.1 Å². The monoisotopic (exact) mass is 298 g/mol. The SMILES string of the molecule is CC(C)OCCN(C)C(=O)N1CC2CCCC2C1C(=O)O. The van der Waals surface area contributed by atoms with Crippen molar-refractivity contribution in [1.82, 2.24) is 9.80 Å². The molecule has 2 aliphatic rings. The average molecular weight is 298 g/mol. The summed E-state index contributed by atoms with van der Waals surface area (Å²) in [7, 11) is 1.71. The highest BCUT2D eigenvalue weighted by Gasteiger charge is 2.50. The van der Waals surface area contributed by atoms with Crippen molar-refractivity contribution in [1.29, 1.82) is 0 Å². The van der Waals surface area contributed by atoms with Gasteiger partial charge in [-0.2, -0.15) is 0 Å². The van der Waals surface area contributed by atoms with Gasteiger partial charge in [0.15, 0.2) is 0 Å². The summed E-state index contributed by atoms with van der Waals surface area (Å²) in [5, 5.41) is 9.47. The van der Waals surface area contributed by atoms with Crippen LogP contribution in [0, 0.1) is 11.8 Å². The summed E-state index contributed by atoms with van der Waals surface area (Å²) >= 11 is 0. The van der Waals surface area contributed by atoms with E-state index in [4.69, 9.17) is 4.74 Å². The van der Waals surface area contributed by atoms with E-state index in [0.29, 0.717) is 25.6 Å². The van der Waals surface area contributed by atoms with Crippen molar-refractivity contribution in [2.45, 2.75) is 45.3 Å². The molecule has 2 fully saturated rings. The third kappa shape index (κ3) is 3.48. The van der Waals surface area contributed by atoms with E-state index in [1.165, 1.54) is 0 Å². The molecule has 1 heterocycles. The molecule has 120 valence electrons. The van der Waals surface area contributed by atoms with Crippen LogP contribution in [0.3, 0.4) is 0 Å². The molecule has 6 heteroatoms. The number of nitrogens with zero attached hydrogens (tertiary/aromatic N) is 2. The highest BCUT2D eigenvalue weighted by atomic mass is 16.5. The van der Waals surface area contributed by atoms with E-state index in [2.05, 4.69) is 0 Å². The Morgan fingerprint density at radius 1 is 1.38 bits per heavy atom. The molecule has 1 saturated carbocycles. The number of aliphatic carboxylic acids is 1. The minimum atomic E-state index is -0.871. The maximum absolute atomic E-state index is 12.5. The lowest BCUT2D eigenvalue weighted by molar-refractivity contribution is -0.142. The fourth-order valence-corrected chi connectivity index (χ4v) is 3.56. The van der Waals surface area contributed by atoms with Gasteiger partial charge in [-0.05, 0) is 38.5 Å². The number of carboxylic acid groups (broad SMARTS) is 1. The third-order valence-electron chi connectivity index (χ3n) is 4.59. The Labute approximate surface area is 126 Å². The molecule has 1 saturated heterocycles. The zero-order valence-electron chi connectivity index (χ0n) is 13.1. The molecular weight excluding hydrogens is 272 g/mol. The van der Waals surface area contributed by atoms with Gasteiger partial charge in [0.1, 0.15) is 6.04 Å². The molecule has 0 spiro atoms. The Hall–Kier alpha value is -1.30. The summed E-state index contributed by atoms with van der Waals surface area (Å²) in [6.45, 7) is 5.43. The molecule has 0 radical (unpaired) electrons. The van der Waals surface area contributed by atoms with Crippen LogP contribution < -0.4 is 0 Å². The zero-order chi connectivity index (χ0) is 15.6. The first-order valence-corrected chi connectivity index (χ1v) is 7.78. The number of hydrogen-bond donors (Lipinski definition) is 1. The molecule has 1 aliphatic carbocycles. The molecule has 1 aliphatic heterocycles. The fourth-order valence-electron chi connectivity index (χ4n) is 3.56. The molecule has 0 aromatic carbocycles. The van der Waals surface area contributed by atoms with Crippen LogP contribution in [0.5, 0.6) is 0 Å². The summed E-state index contributed by atoms with van der Waals surface area (Å²) in [6.07, 6.45) is 3.18. The largest absolute Gasteiger partial charge is 0.480 e. The third-order valence-corrected chi connectivity index (χ3v) is 4.59. The van der Waals surface area contributed by atoms with Gasteiger partial charge in [0.25, 0.3) is 0 Å². The molecule has 0 aromatic heterocycles. The Morgan fingerprint density at radius 3 is 2.71 bits per heavy atom. The number of carbonyl (C=O) groups is 2. The van der Waals surface area contributed by atoms with Gasteiger partial charge >= 0.3 is 12.0 Å². The second-order valence-corrected chi connectivity index (χ2v) is 6.41. The van der Waals surface area contributed by atoms with Crippen molar-refractivity contribution in [3.63, 3.8) is 0 Å². The normalized spacial score (nSPS) is 28.0. The molecule has 1 N–H and O–H groups in total. The number of amides is 2. The van der Waals surface area contributed by atoms with Crippen molar-refractivity contribution in [2.75, 3.05) is 26.7 Å². The fraction of sp³-hybridized carbons (Fsp3) is 0.867. The van der Waals surface area contributed by atoms with E-state index < -0.39 is 12.0 Å². The standard InChI is InChI=1S/C15H26N2O4/c1-10(2)21-8-7-16(3)15(20)17-9-11-5-4-6-12(11)13(17)14(18)19/h10-13H,4-9H2,1-3H3,(H,18,19). The second-order valence-electron chi connectivity index (χ2n) is 6.41. The predicted molar refractivity (Wildman–Crippen MR) is 78.1 cm³/mol. The number of likely N-dealkylation sites (tertiary alicyclic amines) is 1. The smallest absolute Gasteiger partial charge is 0.326 e. The van der Waals surface area contributed by atoms with Crippen LogP contribution in [-0.4, -0.2) is 65.8 Å². The van der Waals surface area contributed by atoms with Gasteiger partial charge in [-0.25, -0.2) is 9.59 Å². The van der Waals surface area contributed by atoms with Gasteiger partial charge in [0.2, 0.25) is 0 Å². The van der Waals surface area contributed by atoms with E-state index in [1.54, 1.807) is 16.8 Å². The number of likely N-dealkylation sites (N-methyl/N-ethyl adjacent to an activating group) is 1. The van der Waals surface area contributed by atoms with Crippen molar-refractivity contribution < 1.29 is 19.4 Å². The summed E-state index contributed by atoms with van der Waals surface area (Å²) in [5.41, 5.74) is 0. The van der Waals surface area contributed by atoms with E-state index in [9.17, 15) is 14.7 Å². The van der Waals surface area contributed by atoms with Crippen LogP contribution in [0.2, 0.25) is 0 Å². The first-order valence-electron chi connectivity index (χ1n) is 7.78. The molecule has 3 atom stereocenters. The number of rotatable bonds is 5. The first kappa shape index (κ1) is 16.1. The summed E-state index contributed by atoms with van der Waals surface area (Å²) in [5.74, 6) is -0.383. The molecule has 6 nitrogen and oxygen atoms in total. The Morgan fingerprint density at radius 2 is 2.10 bits per heavy atom. The van der Waals surface area contributed by atoms with Gasteiger partial charge in [0, 0.05) is 20.1 Å². The van der Waals surface area contributed by atoms with Crippen molar-refractivity contribution in [3.8, 4) is 0 Å². The highest BCUT2D eigenvalue weighted by Crippen LogP contribution is 2.42. The lowest BCUT2D eigenvalue weighted by Gasteiger charge is -2.29. The molecular formula is C15H26N2O4. The quantitative estimate of drug-likeness (QED) is 0.838. The number of ether oxygens (including phenoxy) is 1. The molecule has 2 amide bonds. The van der Waals surface area contributed by atoms with Crippen LogP contribution in [0.4, 0.5) is 4.79 Å². The minimum Gasteiger partial charge on any atom is -0.480 e. The number of fused-ring (bicyclic) bond motifs is 1. The summed E-state index contributed by atoms with van der Waals surface area (Å²) in [4.78, 5) is 27.2. The first-order chi connectivity index (χ1) is 9.91. The van der Waals surface area contributed by atoms with Gasteiger partial charge < -0.3 is 19.6 Å². The van der Waals surface area contributed by atoms with E-state index in [0.717, 1.165) is 19.3 Å². The molecule has 3 unspecified atom stereocenters. The maximum Gasteiger partial charge on any atom is 0.326 e. The van der Waals surface area contributed by atoms with Crippen molar-refractivity contribution in [2.24, 2.45) is 11.8 Å². The van der Waals surface area contributed by atoms with E-state index >= 15 is 0 Å². The van der Waals surface area contributed by atoms with Gasteiger partial charge in [-0.1, -0.05) is 6.42 Å². The highest BCUT2D eigenvalue weighted by molar-refractivity contribution is 5.83. The molecule has 2 rings (SSSR count). The zero-order valence-corrected chi connectivity index (χ0v) is 13.1. The average Bonchev–Trinajstić information content (AvgIpc) is 2.96. The van der Waals surface area contributed by atoms with Crippen LogP contribution in [0.1, 0.15) is 33.1 Å². The Balaban J connectivity index is 1.96. The number of hydrogen-bond acceptors (Lipinski definition) is 3. The maximum atomic E-state index is 12.5. The predicted octanol–water partition coefficient (Wildman–Crippen LogP) is 1.65. The number of urea groups is 1. The number of carboxylic acids is 1. The van der Waals surface area contributed by atoms with Gasteiger partial charge in [-0.15, -0.1) is 0 Å². The Bertz CT molecular complexity index is 399. The van der Waals surface area contributed by atoms with E-state index in [-0.39, 0.29) is 18.1 Å². The van der Waals surface area contributed by atoms with Crippen molar-refractivity contribution >= 4 is 12.0 Å². The Kier molecular flexibility index (Phi) is 5.08. The lowest BCUT2D eigenvalue weighted by Crippen LogP contribution is -2.49. The number of carbonyl (C=O) groups excluding carboxylic acids is 1. The second kappa shape index (κ2) is 6.64. The van der Waals surface area contributed by atoms with Gasteiger partial charge in [-0.3, -0.25) is 0 Å². The molecule has 0 bridgehead atoms. The van der Waals surface area contributed by atoms with Crippen LogP contribution in [-0.2, 0) is 9.53 Å². The molecule has 0 aromatic rings. The van der Waals surface area contributed by atoms with E-state index in [1.807, 2.05) is 13.8 Å². The van der Waals surface area contributed by atoms with Crippen LogP contribution in [0.15, 0.2) is 0 Å². The lowest BCUT2D eigenvalue weighted by atomic mass is 9.94. The van der Waals surface area contributed by atoms with Crippen LogP contribution >= 0.6 is 0 Å².